The molecule has 0 atom stereocenters. The van der Waals surface area contributed by atoms with Crippen LogP contribution in [0.15, 0.2) is 41.2 Å². The van der Waals surface area contributed by atoms with E-state index in [0.717, 1.165) is 28.9 Å². The number of aromatic amines is 1. The molecular weight excluding hydrogens is 404 g/mol. The molecule has 0 spiro atoms. The molecule has 7 nitrogen and oxygen atoms in total. The third kappa shape index (κ3) is 3.99. The zero-order valence-corrected chi connectivity index (χ0v) is 17.6. The fraction of sp³-hybridized carbons (Fsp3) is 0.273. The van der Waals surface area contributed by atoms with E-state index in [9.17, 15) is 4.79 Å². The minimum Gasteiger partial charge on any atom is -0.493 e. The second-order valence-electron chi connectivity index (χ2n) is 7.24. The Morgan fingerprint density at radius 1 is 1.20 bits per heavy atom. The summed E-state index contributed by atoms with van der Waals surface area (Å²) in [5, 5.41) is 0.504. The van der Waals surface area contributed by atoms with Crippen molar-refractivity contribution in [3.63, 3.8) is 0 Å². The van der Waals surface area contributed by atoms with E-state index in [1.807, 2.05) is 24.3 Å². The van der Waals surface area contributed by atoms with Gasteiger partial charge in [0.05, 0.1) is 24.9 Å². The largest absolute Gasteiger partial charge is 0.493 e. The summed E-state index contributed by atoms with van der Waals surface area (Å²) < 4.78 is 10.7. The Morgan fingerprint density at radius 2 is 1.97 bits per heavy atom. The number of nitrogens with one attached hydrogen (secondary N) is 1. The van der Waals surface area contributed by atoms with Crippen molar-refractivity contribution in [2.24, 2.45) is 0 Å². The van der Waals surface area contributed by atoms with Gasteiger partial charge in [-0.05, 0) is 48.4 Å². The molecule has 30 heavy (non-hydrogen) atoms. The quantitative estimate of drug-likeness (QED) is 0.608. The molecule has 0 radical (unpaired) electrons. The number of nitrogens with two attached hydrogens (primary N) is 1. The topological polar surface area (TPSA) is 93.5 Å². The van der Waals surface area contributed by atoms with Gasteiger partial charge in [-0.15, -0.1) is 0 Å². The molecule has 1 aliphatic heterocycles. The zero-order valence-electron chi connectivity index (χ0n) is 16.9. The minimum atomic E-state index is -0.0827. The first-order valence-corrected chi connectivity index (χ1v) is 9.97. The van der Waals surface area contributed by atoms with Crippen molar-refractivity contribution in [2.75, 3.05) is 26.5 Å². The molecule has 0 aliphatic carbocycles. The number of hydrogen-bond donors (Lipinski definition) is 2. The molecule has 1 aromatic heterocycles. The zero-order chi connectivity index (χ0) is 21.3. The lowest BCUT2D eigenvalue weighted by atomic mass is 10.0. The van der Waals surface area contributed by atoms with Gasteiger partial charge in [0.25, 0.3) is 5.56 Å². The third-order valence-electron chi connectivity index (χ3n) is 5.24. The van der Waals surface area contributed by atoms with Crippen molar-refractivity contribution in [1.82, 2.24) is 14.9 Å². The van der Waals surface area contributed by atoms with E-state index in [4.69, 9.17) is 31.8 Å². The summed E-state index contributed by atoms with van der Waals surface area (Å²) in [6.45, 7) is 1.99. The molecule has 0 unspecified atom stereocenters. The molecule has 0 amide bonds. The number of fused-ring (bicyclic) bond motifs is 1. The molecule has 0 saturated carbocycles. The highest BCUT2D eigenvalue weighted by atomic mass is 35.5. The summed E-state index contributed by atoms with van der Waals surface area (Å²) in [5.41, 5.74) is 9.72. The van der Waals surface area contributed by atoms with Crippen molar-refractivity contribution >= 4 is 17.3 Å². The molecule has 3 aromatic rings. The average molecular weight is 427 g/mol. The van der Waals surface area contributed by atoms with Crippen LogP contribution in [0.2, 0.25) is 5.02 Å². The van der Waals surface area contributed by atoms with Crippen LogP contribution in [0.4, 0.5) is 5.69 Å². The molecule has 2 heterocycles. The van der Waals surface area contributed by atoms with E-state index in [-0.39, 0.29) is 5.56 Å². The van der Waals surface area contributed by atoms with Gasteiger partial charge in [-0.2, -0.15) is 0 Å². The Bertz CT molecular complexity index is 1130. The molecule has 0 fully saturated rings. The first kappa shape index (κ1) is 20.3. The lowest BCUT2D eigenvalue weighted by molar-refractivity contribution is 0.240. The van der Waals surface area contributed by atoms with Gasteiger partial charge in [0.1, 0.15) is 5.82 Å². The maximum Gasteiger partial charge on any atom is 0.254 e. The monoisotopic (exact) mass is 426 g/mol. The summed E-state index contributed by atoms with van der Waals surface area (Å²) in [6.07, 6.45) is 0.640. The molecule has 0 bridgehead atoms. The summed E-state index contributed by atoms with van der Waals surface area (Å²) >= 11 is 6.34. The maximum atomic E-state index is 12.6. The third-order valence-corrected chi connectivity index (χ3v) is 5.52. The number of H-pyrrole nitrogens is 1. The molecule has 2 aromatic carbocycles. The van der Waals surface area contributed by atoms with Gasteiger partial charge in [-0.1, -0.05) is 11.6 Å². The minimum absolute atomic E-state index is 0.0827. The summed E-state index contributed by atoms with van der Waals surface area (Å²) in [7, 11) is 3.15. The predicted molar refractivity (Wildman–Crippen MR) is 117 cm³/mol. The van der Waals surface area contributed by atoms with E-state index < -0.39 is 0 Å². The van der Waals surface area contributed by atoms with E-state index >= 15 is 0 Å². The Morgan fingerprint density at radius 3 is 2.67 bits per heavy atom. The maximum absolute atomic E-state index is 12.6. The lowest BCUT2D eigenvalue weighted by Gasteiger charge is -2.28. The van der Waals surface area contributed by atoms with Crippen molar-refractivity contribution in [1.29, 1.82) is 0 Å². The van der Waals surface area contributed by atoms with Crippen LogP contribution < -0.4 is 20.8 Å². The molecular formula is C22H23ClN4O3. The molecule has 3 N–H and O–H groups in total. The van der Waals surface area contributed by atoms with Crippen molar-refractivity contribution in [3.05, 3.63) is 68.6 Å². The second kappa shape index (κ2) is 8.38. The fourth-order valence-electron chi connectivity index (χ4n) is 3.73. The van der Waals surface area contributed by atoms with Crippen molar-refractivity contribution in [2.45, 2.75) is 19.5 Å². The van der Waals surface area contributed by atoms with Crippen LogP contribution in [0.3, 0.4) is 0 Å². The lowest BCUT2D eigenvalue weighted by Crippen LogP contribution is -2.35. The number of hydrogen-bond acceptors (Lipinski definition) is 6. The van der Waals surface area contributed by atoms with Crippen molar-refractivity contribution in [3.8, 4) is 22.9 Å². The number of benzene rings is 2. The van der Waals surface area contributed by atoms with Crippen LogP contribution in [-0.2, 0) is 19.5 Å². The molecule has 8 heteroatoms. The molecule has 1 aliphatic rings. The number of methoxy groups -OCH3 is 2. The summed E-state index contributed by atoms with van der Waals surface area (Å²) in [5.74, 6) is 1.67. The molecule has 0 saturated heterocycles. The highest BCUT2D eigenvalue weighted by molar-refractivity contribution is 6.32. The Kier molecular flexibility index (Phi) is 5.65. The first-order valence-electron chi connectivity index (χ1n) is 9.59. The molecule has 4 rings (SSSR count). The first-order chi connectivity index (χ1) is 14.5. The second-order valence-corrected chi connectivity index (χ2v) is 7.64. The van der Waals surface area contributed by atoms with Crippen LogP contribution >= 0.6 is 11.6 Å². The standard InChI is InChI=1S/C22H23ClN4O3/c1-29-19-10-13(9-17(23)20(19)30-2)11-27-8-7-16-18(12-27)25-21(26-22(16)28)14-3-5-15(24)6-4-14/h3-6,9-10H,7-8,11-12,24H2,1-2H3,(H,25,26,28). The van der Waals surface area contributed by atoms with Crippen LogP contribution in [0.25, 0.3) is 11.4 Å². The number of ether oxygens (including phenoxy) is 2. The van der Waals surface area contributed by atoms with Crippen LogP contribution in [-0.4, -0.2) is 35.6 Å². The van der Waals surface area contributed by atoms with Gasteiger partial charge >= 0.3 is 0 Å². The van der Waals surface area contributed by atoms with Gasteiger partial charge in [0, 0.05) is 36.4 Å². The fourth-order valence-corrected chi connectivity index (χ4v) is 4.04. The van der Waals surface area contributed by atoms with E-state index in [1.165, 1.54) is 0 Å². The summed E-state index contributed by atoms with van der Waals surface area (Å²) in [6, 6.07) is 11.1. The normalized spacial score (nSPS) is 13.7. The highest BCUT2D eigenvalue weighted by Gasteiger charge is 2.22. The number of anilines is 1. The number of nitrogens with zero attached hydrogens (tertiary/aromatic N) is 2. The Labute approximate surface area is 179 Å². The van der Waals surface area contributed by atoms with Gasteiger partial charge in [0.15, 0.2) is 11.5 Å². The van der Waals surface area contributed by atoms with Gasteiger partial charge < -0.3 is 20.2 Å². The van der Waals surface area contributed by atoms with Gasteiger partial charge in [-0.3, -0.25) is 9.69 Å². The van der Waals surface area contributed by atoms with E-state index in [1.54, 1.807) is 26.4 Å². The average Bonchev–Trinajstić information content (AvgIpc) is 2.73. The highest BCUT2D eigenvalue weighted by Crippen LogP contribution is 2.36. The van der Waals surface area contributed by atoms with Crippen LogP contribution in [0.1, 0.15) is 16.8 Å². The molecule has 156 valence electrons. The number of nitrogen functional groups attached to an aromatic ring is 1. The SMILES string of the molecule is COc1cc(CN2CCc3c(nc(-c4ccc(N)cc4)[nH]c3=O)C2)cc(Cl)c1OC. The van der Waals surface area contributed by atoms with E-state index in [2.05, 4.69) is 9.88 Å². The van der Waals surface area contributed by atoms with Gasteiger partial charge in [-0.25, -0.2) is 4.98 Å². The Balaban J connectivity index is 1.59. The van der Waals surface area contributed by atoms with Gasteiger partial charge in [0.2, 0.25) is 0 Å². The van der Waals surface area contributed by atoms with Crippen LogP contribution in [0.5, 0.6) is 11.5 Å². The Hall–Kier alpha value is -3.03. The van der Waals surface area contributed by atoms with Crippen molar-refractivity contribution < 1.29 is 9.47 Å². The predicted octanol–water partition coefficient (Wildman–Crippen LogP) is 3.25. The number of halogens is 1. The smallest absolute Gasteiger partial charge is 0.254 e. The number of aromatic nitrogens is 2. The number of rotatable bonds is 5. The summed E-state index contributed by atoms with van der Waals surface area (Å²) in [4.78, 5) is 22.5. The van der Waals surface area contributed by atoms with E-state index in [0.29, 0.717) is 47.5 Å². The van der Waals surface area contributed by atoms with Crippen LogP contribution in [0, 0.1) is 0 Å².